The molecule has 2 aromatic rings. The fraction of sp³-hybridized carbons (Fsp3) is 0.500. The van der Waals surface area contributed by atoms with E-state index in [2.05, 4.69) is 5.10 Å². The van der Waals surface area contributed by atoms with Gasteiger partial charge in [-0.2, -0.15) is 0 Å². The summed E-state index contributed by atoms with van der Waals surface area (Å²) < 4.78 is 29.7. The first kappa shape index (κ1) is 8.31. The molecule has 0 bridgehead atoms. The Hall–Kier alpha value is -1.82. The molecular weight excluding hydrogens is 234 g/mol. The highest BCUT2D eigenvalue weighted by molar-refractivity contribution is 5.73. The van der Waals surface area contributed by atoms with E-state index in [-0.39, 0.29) is 5.52 Å². The summed E-state index contributed by atoms with van der Waals surface area (Å²) in [5.74, 6) is 0. The molecule has 6 heteroatoms. The lowest BCUT2D eigenvalue weighted by molar-refractivity contribution is -0.0409. The Morgan fingerprint density at radius 2 is 2.33 bits per heavy atom. The van der Waals surface area contributed by atoms with Crippen molar-refractivity contribution in [2.24, 2.45) is 6.98 Å². The minimum atomic E-state index is -2.71. The van der Waals surface area contributed by atoms with Gasteiger partial charge in [0, 0.05) is 23.8 Å². The van der Waals surface area contributed by atoms with Crippen LogP contribution in [0.1, 0.15) is 29.6 Å². The highest BCUT2D eigenvalue weighted by atomic mass is 16.5. The zero-order valence-corrected chi connectivity index (χ0v) is 9.68. The second-order valence-electron chi connectivity index (χ2n) is 4.38. The number of pyridine rings is 1. The highest BCUT2D eigenvalue weighted by Gasteiger charge is 2.20. The third-order valence-corrected chi connectivity index (χ3v) is 3.20. The largest absolute Gasteiger partial charge is 0.356 e. The number of H-pyrrole nitrogens is 1. The predicted molar refractivity (Wildman–Crippen MR) is 66.6 cm³/mol. The number of aromatic amines is 1. The van der Waals surface area contributed by atoms with E-state index in [9.17, 15) is 9.59 Å². The first-order valence-corrected chi connectivity index (χ1v) is 5.88. The smallest absolute Gasteiger partial charge is 0.293 e. The summed E-state index contributed by atoms with van der Waals surface area (Å²) in [5.41, 5.74) is -1.11. The maximum absolute atomic E-state index is 12.5. The van der Waals surface area contributed by atoms with Gasteiger partial charge in [0.15, 0.2) is 6.23 Å². The van der Waals surface area contributed by atoms with Crippen LogP contribution in [0.5, 0.6) is 0 Å². The summed E-state index contributed by atoms with van der Waals surface area (Å²) in [4.78, 5) is 24.3. The van der Waals surface area contributed by atoms with Gasteiger partial charge in [0.1, 0.15) is 5.52 Å². The standard InChI is InChI=1S/C12H15N3O3/c1-14-9(16)6-5-8-11(14)12(17)15(13-8)10-4-2-3-7-18-10/h5-6,10,13H,2-4,7H2,1H3/i1D3. The number of aryl methyl sites for hydroxylation is 1. The Balaban J connectivity index is 2.26. The summed E-state index contributed by atoms with van der Waals surface area (Å²) in [5, 5.41) is 2.84. The predicted octanol–water partition coefficient (Wildman–Crippen LogP) is 0.727. The molecule has 1 saturated heterocycles. The molecule has 0 saturated carbocycles. The molecule has 0 radical (unpaired) electrons. The van der Waals surface area contributed by atoms with Gasteiger partial charge in [0.25, 0.3) is 11.1 Å². The summed E-state index contributed by atoms with van der Waals surface area (Å²) >= 11 is 0. The van der Waals surface area contributed by atoms with Gasteiger partial charge in [-0.15, -0.1) is 0 Å². The third-order valence-electron chi connectivity index (χ3n) is 3.20. The Bertz CT molecular complexity index is 781. The molecule has 1 atom stereocenters. The van der Waals surface area contributed by atoms with Crippen LogP contribution in [-0.2, 0) is 11.7 Å². The minimum Gasteiger partial charge on any atom is -0.356 e. The molecule has 1 aliphatic heterocycles. The van der Waals surface area contributed by atoms with Crippen molar-refractivity contribution >= 4 is 11.0 Å². The van der Waals surface area contributed by atoms with Crippen molar-refractivity contribution in [3.8, 4) is 0 Å². The fourth-order valence-electron chi connectivity index (χ4n) is 2.26. The van der Waals surface area contributed by atoms with E-state index in [0.717, 1.165) is 18.9 Å². The maximum atomic E-state index is 12.5. The lowest BCUT2D eigenvalue weighted by atomic mass is 10.2. The van der Waals surface area contributed by atoms with Crippen LogP contribution in [0.4, 0.5) is 0 Å². The van der Waals surface area contributed by atoms with E-state index in [4.69, 9.17) is 8.85 Å². The highest BCUT2D eigenvalue weighted by Crippen LogP contribution is 2.21. The van der Waals surface area contributed by atoms with Crippen molar-refractivity contribution < 1.29 is 8.85 Å². The Kier molecular flexibility index (Phi) is 1.91. The topological polar surface area (TPSA) is 69.0 Å². The summed E-state index contributed by atoms with van der Waals surface area (Å²) in [6, 6.07) is 2.55. The van der Waals surface area contributed by atoms with Crippen LogP contribution in [0.3, 0.4) is 0 Å². The summed E-state index contributed by atoms with van der Waals surface area (Å²) in [6.07, 6.45) is 2.09. The molecule has 6 nitrogen and oxygen atoms in total. The molecule has 2 aromatic heterocycles. The van der Waals surface area contributed by atoms with Crippen LogP contribution < -0.4 is 11.1 Å². The Morgan fingerprint density at radius 1 is 1.44 bits per heavy atom. The SMILES string of the molecule is [2H]C([2H])([2H])n1c(=O)ccc2[nH]n(C3CCCCO3)c(=O)c21. The average Bonchev–Trinajstić information content (AvgIpc) is 2.76. The number of hydrogen-bond acceptors (Lipinski definition) is 3. The zero-order chi connectivity index (χ0) is 15.2. The van der Waals surface area contributed by atoms with Gasteiger partial charge in [-0.1, -0.05) is 0 Å². The zero-order valence-electron chi connectivity index (χ0n) is 12.7. The molecule has 1 N–H and O–H groups in total. The van der Waals surface area contributed by atoms with E-state index in [1.807, 2.05) is 0 Å². The van der Waals surface area contributed by atoms with Crippen LogP contribution in [-0.4, -0.2) is 21.0 Å². The lowest BCUT2D eigenvalue weighted by Crippen LogP contribution is -2.28. The summed E-state index contributed by atoms with van der Waals surface area (Å²) in [7, 11) is 0. The number of aromatic nitrogens is 3. The number of hydrogen-bond donors (Lipinski definition) is 1. The van der Waals surface area contributed by atoms with Gasteiger partial charge >= 0.3 is 0 Å². The number of fused-ring (bicyclic) bond motifs is 1. The van der Waals surface area contributed by atoms with Crippen LogP contribution >= 0.6 is 0 Å². The van der Waals surface area contributed by atoms with Gasteiger partial charge in [-0.25, -0.2) is 4.68 Å². The van der Waals surface area contributed by atoms with Crippen molar-refractivity contribution in [1.29, 1.82) is 0 Å². The van der Waals surface area contributed by atoms with E-state index in [1.165, 1.54) is 10.7 Å². The molecule has 1 aliphatic rings. The molecule has 0 spiro atoms. The molecular formula is C12H15N3O3. The maximum Gasteiger partial charge on any atom is 0.293 e. The van der Waals surface area contributed by atoms with Crippen LogP contribution in [0.25, 0.3) is 11.0 Å². The lowest BCUT2D eigenvalue weighted by Gasteiger charge is -2.22. The number of nitrogens with zero attached hydrogens (tertiary/aromatic N) is 2. The van der Waals surface area contributed by atoms with Gasteiger partial charge < -0.3 is 9.30 Å². The quantitative estimate of drug-likeness (QED) is 0.813. The third kappa shape index (κ3) is 1.60. The first-order valence-electron chi connectivity index (χ1n) is 7.38. The van der Waals surface area contributed by atoms with E-state index >= 15 is 0 Å². The molecule has 1 fully saturated rings. The van der Waals surface area contributed by atoms with Gasteiger partial charge in [0.2, 0.25) is 0 Å². The molecule has 3 heterocycles. The van der Waals surface area contributed by atoms with E-state index in [1.54, 1.807) is 0 Å². The molecule has 0 aromatic carbocycles. The second-order valence-corrected chi connectivity index (χ2v) is 4.38. The second kappa shape index (κ2) is 4.13. The normalized spacial score (nSPS) is 23.6. The molecule has 1 unspecified atom stereocenters. The number of ether oxygens (including phenoxy) is 1. The van der Waals surface area contributed by atoms with Crippen LogP contribution in [0.2, 0.25) is 0 Å². The van der Waals surface area contributed by atoms with Crippen molar-refractivity contribution in [2.75, 3.05) is 6.61 Å². The van der Waals surface area contributed by atoms with Crippen molar-refractivity contribution in [3.05, 3.63) is 32.8 Å². The van der Waals surface area contributed by atoms with E-state index in [0.29, 0.717) is 23.1 Å². The fourth-order valence-corrected chi connectivity index (χ4v) is 2.26. The molecule has 96 valence electrons. The summed E-state index contributed by atoms with van der Waals surface area (Å²) in [6.45, 7) is -2.15. The van der Waals surface area contributed by atoms with Gasteiger partial charge in [0.05, 0.1) is 5.52 Å². The first-order chi connectivity index (χ1) is 9.89. The van der Waals surface area contributed by atoms with Crippen molar-refractivity contribution in [2.45, 2.75) is 25.5 Å². The van der Waals surface area contributed by atoms with Gasteiger partial charge in [-0.05, 0) is 25.3 Å². The van der Waals surface area contributed by atoms with Crippen LogP contribution in [0.15, 0.2) is 21.7 Å². The molecule has 0 amide bonds. The van der Waals surface area contributed by atoms with Gasteiger partial charge in [-0.3, -0.25) is 14.7 Å². The minimum absolute atomic E-state index is 0.142. The Morgan fingerprint density at radius 3 is 3.06 bits per heavy atom. The molecule has 3 rings (SSSR count). The Labute approximate surface area is 107 Å². The van der Waals surface area contributed by atoms with Crippen molar-refractivity contribution in [1.82, 2.24) is 14.3 Å². The molecule has 18 heavy (non-hydrogen) atoms. The number of nitrogens with one attached hydrogen (secondary N) is 1. The van der Waals surface area contributed by atoms with E-state index < -0.39 is 24.3 Å². The molecule has 0 aliphatic carbocycles. The van der Waals surface area contributed by atoms with Crippen molar-refractivity contribution in [3.63, 3.8) is 0 Å². The van der Waals surface area contributed by atoms with Crippen LogP contribution in [0, 0.1) is 0 Å². The monoisotopic (exact) mass is 252 g/mol. The number of rotatable bonds is 1. The average molecular weight is 252 g/mol.